The van der Waals surface area contributed by atoms with Gasteiger partial charge in [0.25, 0.3) is 0 Å². The predicted octanol–water partition coefficient (Wildman–Crippen LogP) is 5.02. The molecular weight excluding hydrogens is 398 g/mol. The normalized spacial score (nSPS) is 11.5. The first-order valence-electron chi connectivity index (χ1n) is 10.2. The number of carbonyl (C=O) groups excluding carboxylic acids is 1. The fourth-order valence-electron chi connectivity index (χ4n) is 3.29. The van der Waals surface area contributed by atoms with Crippen LogP contribution in [0.5, 0.6) is 0 Å². The molecule has 5 nitrogen and oxygen atoms in total. The number of hydrogen-bond donors (Lipinski definition) is 1. The largest absolute Gasteiger partial charge is 0.361 e. The first kappa shape index (κ1) is 23.6. The van der Waals surface area contributed by atoms with Crippen molar-refractivity contribution in [1.82, 2.24) is 10.1 Å². The van der Waals surface area contributed by atoms with Gasteiger partial charge in [0.2, 0.25) is 5.91 Å². The molecule has 30 heavy (non-hydrogen) atoms. The number of unbranched alkanes of at least 4 members (excludes halogenated alkanes) is 2. The molecular formula is C24H30ClN3O2. The average Bonchev–Trinajstić information content (AvgIpc) is 3.23. The fourth-order valence-corrected chi connectivity index (χ4v) is 3.29. The maximum absolute atomic E-state index is 12.4. The topological polar surface area (TPSA) is 72.4 Å². The van der Waals surface area contributed by atoms with E-state index in [1.165, 1.54) is 0 Å². The van der Waals surface area contributed by atoms with Gasteiger partial charge in [-0.3, -0.25) is 4.79 Å². The molecule has 1 unspecified atom stereocenters. The van der Waals surface area contributed by atoms with Gasteiger partial charge in [0.05, 0.1) is 0 Å². The lowest BCUT2D eigenvalue weighted by molar-refractivity contribution is -0.130. The van der Waals surface area contributed by atoms with E-state index in [1.54, 1.807) is 4.90 Å². The molecule has 0 aliphatic rings. The third-order valence-electron chi connectivity index (χ3n) is 5.09. The van der Waals surface area contributed by atoms with E-state index in [4.69, 9.17) is 10.3 Å². The van der Waals surface area contributed by atoms with Crippen LogP contribution < -0.4 is 5.73 Å². The van der Waals surface area contributed by atoms with Crippen LogP contribution in [-0.4, -0.2) is 29.6 Å². The van der Waals surface area contributed by atoms with E-state index < -0.39 is 0 Å². The third-order valence-corrected chi connectivity index (χ3v) is 5.09. The van der Waals surface area contributed by atoms with E-state index in [9.17, 15) is 4.79 Å². The quantitative estimate of drug-likeness (QED) is 0.461. The number of aromatic nitrogens is 1. The molecule has 0 saturated heterocycles. The van der Waals surface area contributed by atoms with Crippen molar-refractivity contribution in [3.63, 3.8) is 0 Å². The van der Waals surface area contributed by atoms with Gasteiger partial charge in [0.15, 0.2) is 0 Å². The highest BCUT2D eigenvalue weighted by molar-refractivity contribution is 5.85. The van der Waals surface area contributed by atoms with Crippen LogP contribution in [0.15, 0.2) is 71.3 Å². The van der Waals surface area contributed by atoms with Crippen molar-refractivity contribution in [2.75, 3.05) is 13.6 Å². The van der Waals surface area contributed by atoms with Gasteiger partial charge in [0.1, 0.15) is 11.5 Å². The zero-order valence-corrected chi connectivity index (χ0v) is 18.2. The lowest BCUT2D eigenvalue weighted by Gasteiger charge is -2.19. The number of benzene rings is 2. The van der Waals surface area contributed by atoms with E-state index in [-0.39, 0.29) is 24.4 Å². The first-order chi connectivity index (χ1) is 14.1. The number of hydrogen-bond acceptors (Lipinski definition) is 4. The molecule has 0 aliphatic carbocycles. The second-order valence-corrected chi connectivity index (χ2v) is 7.39. The van der Waals surface area contributed by atoms with Gasteiger partial charge in [-0.25, -0.2) is 0 Å². The van der Waals surface area contributed by atoms with Crippen LogP contribution >= 0.6 is 12.4 Å². The Kier molecular flexibility index (Phi) is 9.58. The molecule has 3 rings (SSSR count). The highest BCUT2D eigenvalue weighted by Gasteiger charge is 2.15. The standard InChI is InChI=1S/C24H29N3O2.ClH/c1-27(24(28)18-22(25)19-11-5-2-6-12-19)16-10-4-9-15-21-17-23(26-29-21)20-13-7-3-8-14-20;/h2-3,5-8,11-14,17,22H,4,9-10,15-16,18,25H2,1H3;1H. The molecule has 0 saturated carbocycles. The molecule has 0 fully saturated rings. The molecule has 160 valence electrons. The van der Waals surface area contributed by atoms with Gasteiger partial charge in [-0.2, -0.15) is 0 Å². The fraction of sp³-hybridized carbons (Fsp3) is 0.333. The van der Waals surface area contributed by atoms with Gasteiger partial charge >= 0.3 is 0 Å². The molecule has 0 spiro atoms. The van der Waals surface area contributed by atoms with Crippen molar-refractivity contribution >= 4 is 18.3 Å². The number of halogens is 1. The summed E-state index contributed by atoms with van der Waals surface area (Å²) in [5.74, 6) is 0.992. The highest BCUT2D eigenvalue weighted by Crippen LogP contribution is 2.20. The summed E-state index contributed by atoms with van der Waals surface area (Å²) in [5, 5.41) is 4.15. The summed E-state index contributed by atoms with van der Waals surface area (Å²) >= 11 is 0. The van der Waals surface area contributed by atoms with Crippen LogP contribution in [0.3, 0.4) is 0 Å². The molecule has 2 N–H and O–H groups in total. The van der Waals surface area contributed by atoms with Gasteiger partial charge in [-0.05, 0) is 18.4 Å². The SMILES string of the molecule is CN(CCCCCc1cc(-c2ccccc2)no1)C(=O)CC(N)c1ccccc1.Cl. The Morgan fingerprint density at radius 1 is 1.03 bits per heavy atom. The number of carbonyl (C=O) groups is 1. The number of amides is 1. The molecule has 2 aromatic carbocycles. The zero-order chi connectivity index (χ0) is 20.5. The van der Waals surface area contributed by atoms with Crippen LogP contribution in [0.1, 0.15) is 43.0 Å². The van der Waals surface area contributed by atoms with Crippen molar-refractivity contribution in [2.24, 2.45) is 5.73 Å². The van der Waals surface area contributed by atoms with E-state index in [1.807, 2.05) is 73.8 Å². The van der Waals surface area contributed by atoms with Gasteiger partial charge in [-0.15, -0.1) is 12.4 Å². The Morgan fingerprint density at radius 2 is 1.70 bits per heavy atom. The van der Waals surface area contributed by atoms with E-state index in [2.05, 4.69) is 5.16 Å². The summed E-state index contributed by atoms with van der Waals surface area (Å²) < 4.78 is 5.44. The summed E-state index contributed by atoms with van der Waals surface area (Å²) in [6.45, 7) is 0.742. The average molecular weight is 428 g/mol. The van der Waals surface area contributed by atoms with E-state index in [0.717, 1.165) is 54.8 Å². The molecule has 0 radical (unpaired) electrons. The molecule has 1 aromatic heterocycles. The Balaban J connectivity index is 0.00000320. The molecule has 1 heterocycles. The lowest BCUT2D eigenvalue weighted by atomic mass is 10.0. The van der Waals surface area contributed by atoms with Gasteiger partial charge < -0.3 is 15.2 Å². The molecule has 0 bridgehead atoms. The minimum absolute atomic E-state index is 0. The Morgan fingerprint density at radius 3 is 2.40 bits per heavy atom. The lowest BCUT2D eigenvalue weighted by Crippen LogP contribution is -2.30. The Hall–Kier alpha value is -2.63. The smallest absolute Gasteiger partial charge is 0.224 e. The number of nitrogens with two attached hydrogens (primary N) is 1. The second-order valence-electron chi connectivity index (χ2n) is 7.39. The van der Waals surface area contributed by atoms with Crippen LogP contribution in [0.4, 0.5) is 0 Å². The first-order valence-corrected chi connectivity index (χ1v) is 10.2. The molecule has 1 amide bonds. The number of rotatable bonds is 10. The maximum Gasteiger partial charge on any atom is 0.224 e. The monoisotopic (exact) mass is 427 g/mol. The van der Waals surface area contributed by atoms with Crippen LogP contribution in [0.25, 0.3) is 11.3 Å². The Labute approximate surface area is 184 Å². The zero-order valence-electron chi connectivity index (χ0n) is 17.4. The minimum atomic E-state index is -0.253. The minimum Gasteiger partial charge on any atom is -0.361 e. The van der Waals surface area contributed by atoms with Crippen LogP contribution in [0, 0.1) is 0 Å². The summed E-state index contributed by atoms with van der Waals surface area (Å²) in [5.41, 5.74) is 9.09. The number of nitrogens with zero attached hydrogens (tertiary/aromatic N) is 2. The van der Waals surface area contributed by atoms with Gasteiger partial charge in [-0.1, -0.05) is 72.2 Å². The second kappa shape index (κ2) is 12.2. The number of aryl methyl sites for hydroxylation is 1. The highest BCUT2D eigenvalue weighted by atomic mass is 35.5. The van der Waals surface area contributed by atoms with Crippen molar-refractivity contribution < 1.29 is 9.32 Å². The molecule has 3 aromatic rings. The van der Waals surface area contributed by atoms with E-state index >= 15 is 0 Å². The van der Waals surface area contributed by atoms with Crippen molar-refractivity contribution in [3.05, 3.63) is 78.1 Å². The summed E-state index contributed by atoms with van der Waals surface area (Å²) in [7, 11) is 1.85. The van der Waals surface area contributed by atoms with Crippen molar-refractivity contribution in [1.29, 1.82) is 0 Å². The summed E-state index contributed by atoms with van der Waals surface area (Å²) in [6, 6.07) is 21.6. The van der Waals surface area contributed by atoms with Crippen LogP contribution in [0.2, 0.25) is 0 Å². The van der Waals surface area contributed by atoms with Crippen LogP contribution in [-0.2, 0) is 11.2 Å². The summed E-state index contributed by atoms with van der Waals surface area (Å²) in [4.78, 5) is 14.2. The summed E-state index contributed by atoms with van der Waals surface area (Å²) in [6.07, 6.45) is 4.19. The van der Waals surface area contributed by atoms with E-state index in [0.29, 0.717) is 6.42 Å². The Bertz CT molecular complexity index is 884. The predicted molar refractivity (Wildman–Crippen MR) is 122 cm³/mol. The molecule has 0 aliphatic heterocycles. The maximum atomic E-state index is 12.4. The molecule has 1 atom stereocenters. The molecule has 6 heteroatoms. The van der Waals surface area contributed by atoms with Crippen molar-refractivity contribution in [3.8, 4) is 11.3 Å². The third kappa shape index (κ3) is 7.01. The van der Waals surface area contributed by atoms with Crippen molar-refractivity contribution in [2.45, 2.75) is 38.1 Å². The van der Waals surface area contributed by atoms with Gasteiger partial charge in [0, 0.05) is 44.1 Å².